The van der Waals surface area contributed by atoms with Crippen LogP contribution in [0, 0.1) is 5.41 Å². The minimum absolute atomic E-state index is 0.00961. The van der Waals surface area contributed by atoms with Crippen molar-refractivity contribution in [2.45, 2.75) is 32.3 Å². The van der Waals surface area contributed by atoms with Gasteiger partial charge in [-0.3, -0.25) is 14.3 Å². The van der Waals surface area contributed by atoms with Crippen molar-refractivity contribution in [3.05, 3.63) is 29.3 Å². The molecule has 2 aromatic rings. The van der Waals surface area contributed by atoms with Gasteiger partial charge in [-0.2, -0.15) is 5.10 Å². The van der Waals surface area contributed by atoms with Crippen LogP contribution in [0.5, 0.6) is 0 Å². The van der Waals surface area contributed by atoms with Crippen LogP contribution in [-0.2, 0) is 11.8 Å². The van der Waals surface area contributed by atoms with Gasteiger partial charge in [-0.1, -0.05) is 19.4 Å². The first-order valence-electron chi connectivity index (χ1n) is 8.67. The number of hydrogen-bond donors (Lipinski definition) is 2. The molecule has 0 saturated carbocycles. The minimum Gasteiger partial charge on any atom is -0.481 e. The standard InChI is InChI=1S/C18H23N3O4S/c1-3-7-18(17(24)25)11-21(8-6-15(18)22)16(23)13-10-12(19-20(13)2)14-5-4-9-26-14/h4-5,9-10,15,22H,3,6-8,11H2,1-2H3,(H,24,25)/t15-,18+/m0/s1. The van der Waals surface area contributed by atoms with Crippen molar-refractivity contribution in [1.29, 1.82) is 0 Å². The largest absolute Gasteiger partial charge is 0.481 e. The summed E-state index contributed by atoms with van der Waals surface area (Å²) in [4.78, 5) is 27.4. The number of aromatic nitrogens is 2. The van der Waals surface area contributed by atoms with Crippen molar-refractivity contribution in [3.8, 4) is 10.6 Å². The molecule has 8 heteroatoms. The fourth-order valence-electron chi connectivity index (χ4n) is 3.64. The lowest BCUT2D eigenvalue weighted by Gasteiger charge is -2.43. The average molecular weight is 377 g/mol. The maximum atomic E-state index is 13.0. The number of amides is 1. The number of aliphatic carboxylic acids is 1. The van der Waals surface area contributed by atoms with Gasteiger partial charge in [0.2, 0.25) is 0 Å². The first-order chi connectivity index (χ1) is 12.4. The summed E-state index contributed by atoms with van der Waals surface area (Å²) < 4.78 is 1.53. The molecule has 26 heavy (non-hydrogen) atoms. The lowest BCUT2D eigenvalue weighted by atomic mass is 9.74. The van der Waals surface area contributed by atoms with Crippen LogP contribution in [0.1, 0.15) is 36.7 Å². The van der Waals surface area contributed by atoms with Crippen LogP contribution in [0.15, 0.2) is 23.6 Å². The molecule has 1 aliphatic heterocycles. The van der Waals surface area contributed by atoms with Gasteiger partial charge in [0.15, 0.2) is 0 Å². The first-order valence-corrected chi connectivity index (χ1v) is 9.55. The second kappa shape index (κ2) is 7.20. The van der Waals surface area contributed by atoms with E-state index in [2.05, 4.69) is 5.10 Å². The third-order valence-corrected chi connectivity index (χ3v) is 5.96. The molecule has 0 aromatic carbocycles. The number of hydrogen-bond acceptors (Lipinski definition) is 5. The summed E-state index contributed by atoms with van der Waals surface area (Å²) in [7, 11) is 1.71. The number of aliphatic hydroxyl groups excluding tert-OH is 1. The number of piperidine rings is 1. The number of aryl methyl sites for hydroxylation is 1. The monoisotopic (exact) mass is 377 g/mol. The smallest absolute Gasteiger partial charge is 0.314 e. The number of nitrogens with zero attached hydrogens (tertiary/aromatic N) is 3. The predicted octanol–water partition coefficient (Wildman–Crippen LogP) is 2.23. The Hall–Kier alpha value is -2.19. The van der Waals surface area contributed by atoms with E-state index in [1.807, 2.05) is 24.4 Å². The molecular formula is C18H23N3O4S. The summed E-state index contributed by atoms with van der Waals surface area (Å²) in [6, 6.07) is 5.60. The highest BCUT2D eigenvalue weighted by molar-refractivity contribution is 7.13. The van der Waals surface area contributed by atoms with Crippen LogP contribution >= 0.6 is 11.3 Å². The van der Waals surface area contributed by atoms with E-state index in [0.29, 0.717) is 25.1 Å². The summed E-state index contributed by atoms with van der Waals surface area (Å²) >= 11 is 1.54. The van der Waals surface area contributed by atoms with Gasteiger partial charge in [-0.15, -0.1) is 11.3 Å². The number of carboxylic acid groups (broad SMARTS) is 1. The molecule has 1 aliphatic rings. The Morgan fingerprint density at radius 3 is 2.85 bits per heavy atom. The lowest BCUT2D eigenvalue weighted by Crippen LogP contribution is -2.57. The first kappa shape index (κ1) is 18.6. The fraction of sp³-hybridized carbons (Fsp3) is 0.500. The summed E-state index contributed by atoms with van der Waals surface area (Å²) in [5.74, 6) is -1.30. The van der Waals surface area contributed by atoms with E-state index in [0.717, 1.165) is 10.6 Å². The Balaban J connectivity index is 1.87. The summed E-state index contributed by atoms with van der Waals surface area (Å²) in [5.41, 5.74) is -0.167. The maximum absolute atomic E-state index is 13.0. The van der Waals surface area contributed by atoms with E-state index in [4.69, 9.17) is 0 Å². The molecule has 140 valence electrons. The molecule has 7 nitrogen and oxygen atoms in total. The van der Waals surface area contributed by atoms with Crippen LogP contribution < -0.4 is 0 Å². The van der Waals surface area contributed by atoms with E-state index in [1.165, 1.54) is 9.58 Å². The van der Waals surface area contributed by atoms with Crippen molar-refractivity contribution in [2.75, 3.05) is 13.1 Å². The number of carboxylic acids is 1. The summed E-state index contributed by atoms with van der Waals surface area (Å²) in [6.45, 7) is 2.22. The molecule has 0 bridgehead atoms. The van der Waals surface area contributed by atoms with Gasteiger partial charge in [-0.05, 0) is 30.4 Å². The molecule has 1 amide bonds. The number of thiophene rings is 1. The summed E-state index contributed by atoms with van der Waals surface area (Å²) in [6.07, 6.45) is 0.268. The number of aliphatic hydroxyl groups is 1. The number of rotatable bonds is 5. The van der Waals surface area contributed by atoms with E-state index >= 15 is 0 Å². The molecule has 0 radical (unpaired) electrons. The van der Waals surface area contributed by atoms with Gasteiger partial charge < -0.3 is 15.1 Å². The highest BCUT2D eigenvalue weighted by Gasteiger charge is 2.49. The normalized spacial score (nSPS) is 23.2. The molecule has 2 N–H and O–H groups in total. The third kappa shape index (κ3) is 3.14. The molecule has 0 unspecified atom stereocenters. The van der Waals surface area contributed by atoms with Gasteiger partial charge in [0.05, 0.1) is 11.0 Å². The Bertz CT molecular complexity index is 801. The van der Waals surface area contributed by atoms with E-state index in [9.17, 15) is 19.8 Å². The van der Waals surface area contributed by atoms with Crippen LogP contribution in [0.25, 0.3) is 10.6 Å². The zero-order valence-electron chi connectivity index (χ0n) is 14.9. The minimum atomic E-state index is -1.31. The third-order valence-electron chi connectivity index (χ3n) is 5.07. The number of likely N-dealkylation sites (tertiary alicyclic amines) is 1. The van der Waals surface area contributed by atoms with E-state index in [1.54, 1.807) is 24.5 Å². The zero-order chi connectivity index (χ0) is 18.9. The lowest BCUT2D eigenvalue weighted by molar-refractivity contribution is -0.162. The van der Waals surface area contributed by atoms with Crippen molar-refractivity contribution < 1.29 is 19.8 Å². The Morgan fingerprint density at radius 1 is 1.46 bits per heavy atom. The summed E-state index contributed by atoms with van der Waals surface area (Å²) in [5, 5.41) is 26.4. The molecule has 2 atom stereocenters. The SMILES string of the molecule is CCC[C@@]1(C(=O)O)CN(C(=O)c2cc(-c3cccs3)nn2C)CC[C@@H]1O. The van der Waals surface area contributed by atoms with Crippen molar-refractivity contribution in [3.63, 3.8) is 0 Å². The molecular weight excluding hydrogens is 354 g/mol. The predicted molar refractivity (Wildman–Crippen MR) is 98.0 cm³/mol. The zero-order valence-corrected chi connectivity index (χ0v) is 15.7. The van der Waals surface area contributed by atoms with Gasteiger partial charge in [-0.25, -0.2) is 0 Å². The van der Waals surface area contributed by atoms with Crippen LogP contribution in [0.3, 0.4) is 0 Å². The Labute approximate surface area is 155 Å². The number of carbonyl (C=O) groups is 2. The highest BCUT2D eigenvalue weighted by Crippen LogP contribution is 2.36. The second-order valence-electron chi connectivity index (χ2n) is 6.76. The van der Waals surface area contributed by atoms with Crippen LogP contribution in [-0.4, -0.2) is 56.0 Å². The van der Waals surface area contributed by atoms with Gasteiger partial charge in [0.25, 0.3) is 5.91 Å². The molecule has 0 aliphatic carbocycles. The average Bonchev–Trinajstić information content (AvgIpc) is 3.25. The van der Waals surface area contributed by atoms with Crippen molar-refractivity contribution in [1.82, 2.24) is 14.7 Å². The molecule has 3 heterocycles. The molecule has 0 spiro atoms. The van der Waals surface area contributed by atoms with E-state index in [-0.39, 0.29) is 18.9 Å². The van der Waals surface area contributed by atoms with Gasteiger partial charge in [0, 0.05) is 20.1 Å². The second-order valence-corrected chi connectivity index (χ2v) is 7.71. The quantitative estimate of drug-likeness (QED) is 0.833. The van der Waals surface area contributed by atoms with Crippen LogP contribution in [0.2, 0.25) is 0 Å². The molecule has 2 aromatic heterocycles. The molecule has 1 saturated heterocycles. The van der Waals surface area contributed by atoms with Crippen molar-refractivity contribution in [2.24, 2.45) is 12.5 Å². The highest BCUT2D eigenvalue weighted by atomic mass is 32.1. The Kier molecular flexibility index (Phi) is 5.15. The molecule has 1 fully saturated rings. The number of carbonyl (C=O) groups excluding carboxylic acids is 1. The van der Waals surface area contributed by atoms with Crippen LogP contribution in [0.4, 0.5) is 0 Å². The Morgan fingerprint density at radius 2 is 2.23 bits per heavy atom. The van der Waals surface area contributed by atoms with Crippen molar-refractivity contribution >= 4 is 23.2 Å². The van der Waals surface area contributed by atoms with Gasteiger partial charge in [0.1, 0.15) is 16.8 Å². The topological polar surface area (TPSA) is 95.7 Å². The van der Waals surface area contributed by atoms with Gasteiger partial charge >= 0.3 is 5.97 Å². The maximum Gasteiger partial charge on any atom is 0.314 e. The van der Waals surface area contributed by atoms with E-state index < -0.39 is 17.5 Å². The molecule has 3 rings (SSSR count). The fourth-order valence-corrected chi connectivity index (χ4v) is 4.32.